The highest BCUT2D eigenvalue weighted by Crippen LogP contribution is 2.16. The van der Waals surface area contributed by atoms with Gasteiger partial charge in [0, 0.05) is 18.3 Å². The lowest BCUT2D eigenvalue weighted by molar-refractivity contribution is -0.116. The van der Waals surface area contributed by atoms with Gasteiger partial charge in [0.25, 0.3) is 0 Å². The largest absolute Gasteiger partial charge is 0.497 e. The predicted octanol–water partition coefficient (Wildman–Crippen LogP) is 1.70. The van der Waals surface area contributed by atoms with E-state index in [0.717, 1.165) is 19.1 Å². The fourth-order valence-corrected chi connectivity index (χ4v) is 2.57. The molecular weight excluding hydrogens is 292 g/mol. The molecule has 0 heterocycles. The van der Waals surface area contributed by atoms with E-state index < -0.39 is 10.0 Å². The smallest absolute Gasteiger partial charge is 0.239 e. The van der Waals surface area contributed by atoms with Gasteiger partial charge in [-0.2, -0.15) is 4.31 Å². The number of hydrogen-bond acceptors (Lipinski definition) is 4. The minimum atomic E-state index is -3.39. The second kappa shape index (κ2) is 7.99. The van der Waals surface area contributed by atoms with Crippen LogP contribution in [0.1, 0.15) is 19.8 Å². The van der Waals surface area contributed by atoms with Gasteiger partial charge in [-0.15, -0.1) is 0 Å². The first-order chi connectivity index (χ1) is 9.86. The van der Waals surface area contributed by atoms with E-state index in [1.165, 1.54) is 11.4 Å². The van der Waals surface area contributed by atoms with Gasteiger partial charge in [0.15, 0.2) is 0 Å². The van der Waals surface area contributed by atoms with Crippen molar-refractivity contribution < 1.29 is 17.9 Å². The summed E-state index contributed by atoms with van der Waals surface area (Å²) in [6.07, 6.45) is 2.70. The summed E-state index contributed by atoms with van der Waals surface area (Å²) < 4.78 is 29.6. The second-order valence-corrected chi connectivity index (χ2v) is 6.71. The number of methoxy groups -OCH3 is 1. The number of carbonyl (C=O) groups excluding carboxylic acids is 1. The number of nitrogens with zero attached hydrogens (tertiary/aromatic N) is 1. The fourth-order valence-electron chi connectivity index (χ4n) is 1.76. The van der Waals surface area contributed by atoms with Crippen molar-refractivity contribution in [2.24, 2.45) is 0 Å². The van der Waals surface area contributed by atoms with Crippen molar-refractivity contribution in [2.45, 2.75) is 19.8 Å². The van der Waals surface area contributed by atoms with Crippen molar-refractivity contribution in [1.29, 1.82) is 0 Å². The Morgan fingerprint density at radius 3 is 2.67 bits per heavy atom. The molecule has 1 amide bonds. The van der Waals surface area contributed by atoms with Gasteiger partial charge in [0.2, 0.25) is 15.9 Å². The topological polar surface area (TPSA) is 75.7 Å². The highest BCUT2D eigenvalue weighted by atomic mass is 32.2. The molecule has 0 spiro atoms. The SMILES string of the molecule is CCCCN(CC(=O)Nc1cccc(OC)c1)S(C)(=O)=O. The van der Waals surface area contributed by atoms with Gasteiger partial charge in [-0.1, -0.05) is 19.4 Å². The molecule has 0 saturated carbocycles. The summed E-state index contributed by atoms with van der Waals surface area (Å²) in [7, 11) is -1.85. The number of rotatable bonds is 8. The van der Waals surface area contributed by atoms with Crippen LogP contribution < -0.4 is 10.1 Å². The molecule has 6 nitrogen and oxygen atoms in total. The van der Waals surface area contributed by atoms with Crippen molar-refractivity contribution in [1.82, 2.24) is 4.31 Å². The van der Waals surface area contributed by atoms with E-state index in [1.807, 2.05) is 6.92 Å². The molecule has 1 rings (SSSR count). The maximum Gasteiger partial charge on any atom is 0.239 e. The second-order valence-electron chi connectivity index (χ2n) is 4.73. The van der Waals surface area contributed by atoms with Crippen LogP contribution in [0.25, 0.3) is 0 Å². The molecular formula is C14H22N2O4S. The summed E-state index contributed by atoms with van der Waals surface area (Å²) in [5, 5.41) is 2.67. The Hall–Kier alpha value is -1.60. The number of unbranched alkanes of at least 4 members (excludes halogenated alkanes) is 1. The molecule has 21 heavy (non-hydrogen) atoms. The third-order valence-electron chi connectivity index (χ3n) is 2.90. The molecule has 0 fully saturated rings. The highest BCUT2D eigenvalue weighted by molar-refractivity contribution is 7.88. The van der Waals surface area contributed by atoms with Gasteiger partial charge >= 0.3 is 0 Å². The summed E-state index contributed by atoms with van der Waals surface area (Å²) in [5.41, 5.74) is 0.572. The Labute approximate surface area is 126 Å². The van der Waals surface area contributed by atoms with Crippen molar-refractivity contribution in [3.05, 3.63) is 24.3 Å². The molecule has 7 heteroatoms. The van der Waals surface area contributed by atoms with Crippen LogP contribution in [-0.2, 0) is 14.8 Å². The van der Waals surface area contributed by atoms with Gasteiger partial charge in [-0.05, 0) is 18.6 Å². The first kappa shape index (κ1) is 17.5. The molecule has 0 bridgehead atoms. The van der Waals surface area contributed by atoms with E-state index in [-0.39, 0.29) is 12.5 Å². The molecule has 0 atom stereocenters. The van der Waals surface area contributed by atoms with Crippen molar-refractivity contribution in [3.63, 3.8) is 0 Å². The number of hydrogen-bond donors (Lipinski definition) is 1. The van der Waals surface area contributed by atoms with Crippen LogP contribution in [0.4, 0.5) is 5.69 Å². The maximum atomic E-state index is 12.0. The molecule has 0 aliphatic heterocycles. The Morgan fingerprint density at radius 2 is 2.10 bits per heavy atom. The summed E-state index contributed by atoms with van der Waals surface area (Å²) in [6.45, 7) is 2.13. The van der Waals surface area contributed by atoms with Crippen molar-refractivity contribution in [2.75, 3.05) is 31.8 Å². The van der Waals surface area contributed by atoms with Crippen LogP contribution in [0.3, 0.4) is 0 Å². The average molecular weight is 314 g/mol. The van der Waals surface area contributed by atoms with E-state index in [4.69, 9.17) is 4.74 Å². The minimum absolute atomic E-state index is 0.184. The summed E-state index contributed by atoms with van der Waals surface area (Å²) in [4.78, 5) is 12.0. The van der Waals surface area contributed by atoms with E-state index in [9.17, 15) is 13.2 Å². The Balaban J connectivity index is 2.69. The lowest BCUT2D eigenvalue weighted by atomic mass is 10.3. The van der Waals surface area contributed by atoms with Crippen LogP contribution in [0.15, 0.2) is 24.3 Å². The molecule has 0 aromatic heterocycles. The van der Waals surface area contributed by atoms with E-state index in [1.54, 1.807) is 24.3 Å². The zero-order chi connectivity index (χ0) is 15.9. The van der Waals surface area contributed by atoms with Crippen LogP contribution in [0.2, 0.25) is 0 Å². The number of benzene rings is 1. The van der Waals surface area contributed by atoms with E-state index in [2.05, 4.69) is 5.32 Å². The van der Waals surface area contributed by atoms with Gasteiger partial charge in [-0.25, -0.2) is 8.42 Å². The van der Waals surface area contributed by atoms with Gasteiger partial charge in [0.1, 0.15) is 5.75 Å². The van der Waals surface area contributed by atoms with Gasteiger partial charge in [0.05, 0.1) is 19.9 Å². The normalized spacial score (nSPS) is 11.4. The molecule has 0 aliphatic carbocycles. The third-order valence-corrected chi connectivity index (χ3v) is 4.15. The Bertz CT molecular complexity index is 572. The molecule has 0 saturated heterocycles. The van der Waals surface area contributed by atoms with Gasteiger partial charge < -0.3 is 10.1 Å². The molecule has 0 radical (unpaired) electrons. The highest BCUT2D eigenvalue weighted by Gasteiger charge is 2.19. The monoisotopic (exact) mass is 314 g/mol. The number of carbonyl (C=O) groups is 1. The molecule has 1 N–H and O–H groups in total. The minimum Gasteiger partial charge on any atom is -0.497 e. The molecule has 1 aromatic rings. The van der Waals surface area contributed by atoms with Crippen LogP contribution >= 0.6 is 0 Å². The molecule has 0 aliphatic rings. The lowest BCUT2D eigenvalue weighted by Crippen LogP contribution is -2.37. The van der Waals surface area contributed by atoms with Crippen LogP contribution in [-0.4, -0.2) is 45.1 Å². The summed E-state index contributed by atoms with van der Waals surface area (Å²) >= 11 is 0. The number of sulfonamides is 1. The quantitative estimate of drug-likeness (QED) is 0.792. The standard InChI is InChI=1S/C14H22N2O4S/c1-4-5-9-16(21(3,18)19)11-14(17)15-12-7-6-8-13(10-12)20-2/h6-8,10H,4-5,9,11H2,1-3H3,(H,15,17). The maximum absolute atomic E-state index is 12.0. The first-order valence-corrected chi connectivity index (χ1v) is 8.60. The molecule has 0 unspecified atom stereocenters. The zero-order valence-electron chi connectivity index (χ0n) is 12.6. The Kier molecular flexibility index (Phi) is 6.64. The predicted molar refractivity (Wildman–Crippen MR) is 82.9 cm³/mol. The number of amides is 1. The lowest BCUT2D eigenvalue weighted by Gasteiger charge is -2.19. The number of anilines is 1. The Morgan fingerprint density at radius 1 is 1.38 bits per heavy atom. The third kappa shape index (κ3) is 6.14. The first-order valence-electron chi connectivity index (χ1n) is 6.76. The van der Waals surface area contributed by atoms with Gasteiger partial charge in [-0.3, -0.25) is 4.79 Å². The van der Waals surface area contributed by atoms with Crippen LogP contribution in [0, 0.1) is 0 Å². The van der Waals surface area contributed by atoms with Crippen molar-refractivity contribution >= 4 is 21.6 Å². The van der Waals surface area contributed by atoms with Crippen molar-refractivity contribution in [3.8, 4) is 5.75 Å². The fraction of sp³-hybridized carbons (Fsp3) is 0.500. The summed E-state index contributed by atoms with van der Waals surface area (Å²) in [5.74, 6) is 0.253. The molecule has 1 aromatic carbocycles. The molecule has 118 valence electrons. The number of nitrogens with one attached hydrogen (secondary N) is 1. The zero-order valence-corrected chi connectivity index (χ0v) is 13.4. The average Bonchev–Trinajstić information content (AvgIpc) is 2.42. The number of ether oxygens (including phenoxy) is 1. The van der Waals surface area contributed by atoms with E-state index >= 15 is 0 Å². The van der Waals surface area contributed by atoms with E-state index in [0.29, 0.717) is 18.0 Å². The van der Waals surface area contributed by atoms with Crippen LogP contribution in [0.5, 0.6) is 5.75 Å². The summed E-state index contributed by atoms with van der Waals surface area (Å²) in [6, 6.07) is 6.91.